The van der Waals surface area contributed by atoms with Crippen molar-refractivity contribution in [3.63, 3.8) is 0 Å². The summed E-state index contributed by atoms with van der Waals surface area (Å²) in [6.07, 6.45) is 2.91. The molecule has 1 aliphatic carbocycles. The first-order valence-electron chi connectivity index (χ1n) is 7.21. The van der Waals surface area contributed by atoms with Gasteiger partial charge in [0.25, 0.3) is 0 Å². The van der Waals surface area contributed by atoms with E-state index in [9.17, 15) is 5.11 Å². The maximum Gasteiger partial charge on any atom is 0.217 e. The maximum absolute atomic E-state index is 10.7. The zero-order chi connectivity index (χ0) is 14.2. The molecule has 1 N–H and O–H groups in total. The first-order chi connectivity index (χ1) is 8.95. The molecule has 4 unspecified atom stereocenters. The average molecular weight is 266 g/mol. The number of nitrogens with zero attached hydrogens (tertiary/aromatic N) is 2. The average Bonchev–Trinajstić information content (AvgIpc) is 2.66. The summed E-state index contributed by atoms with van der Waals surface area (Å²) in [6.45, 7) is 6.54. The van der Waals surface area contributed by atoms with E-state index in [0.717, 1.165) is 30.0 Å². The third kappa shape index (κ3) is 2.64. The van der Waals surface area contributed by atoms with Crippen molar-refractivity contribution in [3.8, 4) is 5.88 Å². The summed E-state index contributed by atoms with van der Waals surface area (Å²) in [5.41, 5.74) is 1.75. The maximum atomic E-state index is 10.7. The molecule has 4 nitrogen and oxygen atoms in total. The zero-order valence-corrected chi connectivity index (χ0v) is 12.7. The fraction of sp³-hybridized carbons (Fsp3) is 0.800. The van der Waals surface area contributed by atoms with Crippen molar-refractivity contribution in [3.05, 3.63) is 11.3 Å². The number of aliphatic hydroxyl groups excluding tert-OH is 1. The van der Waals surface area contributed by atoms with Gasteiger partial charge < -0.3 is 9.84 Å². The van der Waals surface area contributed by atoms with Crippen LogP contribution in [0.2, 0.25) is 0 Å². The molecule has 0 spiro atoms. The lowest BCUT2D eigenvalue weighted by atomic mass is 9.73. The Hall–Kier alpha value is -1.03. The second-order valence-corrected chi connectivity index (χ2v) is 6.10. The zero-order valence-electron chi connectivity index (χ0n) is 12.7. The Bertz CT molecular complexity index is 442. The monoisotopic (exact) mass is 266 g/mol. The molecule has 4 heteroatoms. The summed E-state index contributed by atoms with van der Waals surface area (Å²) in [5.74, 6) is 2.45. The Labute approximate surface area is 115 Å². The van der Waals surface area contributed by atoms with Crippen LogP contribution >= 0.6 is 0 Å². The number of aromatic nitrogens is 2. The second-order valence-electron chi connectivity index (χ2n) is 6.10. The molecule has 4 atom stereocenters. The molecule has 0 saturated heterocycles. The number of hydrogen-bond donors (Lipinski definition) is 1. The minimum absolute atomic E-state index is 0.322. The summed E-state index contributed by atoms with van der Waals surface area (Å²) >= 11 is 0. The van der Waals surface area contributed by atoms with Crippen LogP contribution in [-0.2, 0) is 7.05 Å². The van der Waals surface area contributed by atoms with E-state index in [1.54, 1.807) is 11.8 Å². The number of hydrogen-bond acceptors (Lipinski definition) is 3. The second kappa shape index (κ2) is 5.53. The topological polar surface area (TPSA) is 47.3 Å². The number of rotatable bonds is 3. The van der Waals surface area contributed by atoms with Crippen LogP contribution < -0.4 is 4.74 Å². The van der Waals surface area contributed by atoms with Crippen LogP contribution in [0.5, 0.6) is 5.88 Å². The highest BCUT2D eigenvalue weighted by Crippen LogP contribution is 2.42. The van der Waals surface area contributed by atoms with Crippen molar-refractivity contribution >= 4 is 0 Å². The molecule has 1 fully saturated rings. The van der Waals surface area contributed by atoms with Crippen LogP contribution in [0.1, 0.15) is 50.5 Å². The number of aryl methyl sites for hydroxylation is 2. The third-order valence-corrected chi connectivity index (χ3v) is 4.79. The molecule has 0 amide bonds. The van der Waals surface area contributed by atoms with E-state index in [4.69, 9.17) is 4.74 Å². The van der Waals surface area contributed by atoms with Crippen molar-refractivity contribution in [2.24, 2.45) is 24.8 Å². The van der Waals surface area contributed by atoms with Gasteiger partial charge in [0.2, 0.25) is 5.88 Å². The Morgan fingerprint density at radius 1 is 1.32 bits per heavy atom. The molecule has 1 aromatic rings. The van der Waals surface area contributed by atoms with Crippen molar-refractivity contribution in [1.82, 2.24) is 9.78 Å². The standard InChI is InChI=1S/C15H26N2O2/c1-9-6-7-12(8-10(9)2)14(18)13-11(3)16-17(4)15(13)19-5/h9-10,12,14,18H,6-8H2,1-5H3. The van der Waals surface area contributed by atoms with Gasteiger partial charge in [0, 0.05) is 7.05 Å². The van der Waals surface area contributed by atoms with Gasteiger partial charge in [0.1, 0.15) is 0 Å². The summed E-state index contributed by atoms with van der Waals surface area (Å²) in [5, 5.41) is 15.1. The van der Waals surface area contributed by atoms with Crippen molar-refractivity contribution in [1.29, 1.82) is 0 Å². The largest absolute Gasteiger partial charge is 0.481 e. The smallest absolute Gasteiger partial charge is 0.217 e. The van der Waals surface area contributed by atoms with E-state index in [2.05, 4.69) is 18.9 Å². The fourth-order valence-corrected chi connectivity index (χ4v) is 3.35. The molecule has 0 aliphatic heterocycles. The third-order valence-electron chi connectivity index (χ3n) is 4.79. The predicted octanol–water partition coefficient (Wildman–Crippen LogP) is 2.84. The SMILES string of the molecule is COc1c(C(O)C2CCC(C)C(C)C2)c(C)nn1C. The molecule has 1 heterocycles. The first kappa shape index (κ1) is 14.4. The van der Waals surface area contributed by atoms with Gasteiger partial charge in [0.05, 0.1) is 24.5 Å². The lowest BCUT2D eigenvalue weighted by molar-refractivity contribution is 0.0538. The van der Waals surface area contributed by atoms with Gasteiger partial charge >= 0.3 is 0 Å². The van der Waals surface area contributed by atoms with Crippen molar-refractivity contribution in [2.45, 2.75) is 46.1 Å². The summed E-state index contributed by atoms with van der Waals surface area (Å²) < 4.78 is 7.11. The van der Waals surface area contributed by atoms with Gasteiger partial charge in [-0.05, 0) is 37.5 Å². The minimum atomic E-state index is -0.460. The van der Waals surface area contributed by atoms with Crippen molar-refractivity contribution < 1.29 is 9.84 Å². The quantitative estimate of drug-likeness (QED) is 0.915. The predicted molar refractivity (Wildman–Crippen MR) is 75.1 cm³/mol. The molecule has 2 rings (SSSR count). The van der Waals surface area contributed by atoms with Crippen LogP contribution in [0, 0.1) is 24.7 Å². The number of methoxy groups -OCH3 is 1. The van der Waals surface area contributed by atoms with Gasteiger partial charge in [-0.25, -0.2) is 4.68 Å². The molecule has 0 bridgehead atoms. The molecule has 1 aromatic heterocycles. The molecule has 1 saturated carbocycles. The van der Waals surface area contributed by atoms with Crippen LogP contribution in [-0.4, -0.2) is 22.0 Å². The molecule has 108 valence electrons. The van der Waals surface area contributed by atoms with E-state index in [1.165, 1.54) is 6.42 Å². The minimum Gasteiger partial charge on any atom is -0.481 e. The summed E-state index contributed by atoms with van der Waals surface area (Å²) in [4.78, 5) is 0. The molecule has 19 heavy (non-hydrogen) atoms. The molecule has 0 aromatic carbocycles. The van der Waals surface area contributed by atoms with Crippen LogP contribution in [0.3, 0.4) is 0 Å². The van der Waals surface area contributed by atoms with E-state index < -0.39 is 6.10 Å². The Morgan fingerprint density at radius 2 is 2.00 bits per heavy atom. The van der Waals surface area contributed by atoms with E-state index in [0.29, 0.717) is 17.7 Å². The van der Waals surface area contributed by atoms with Gasteiger partial charge in [-0.1, -0.05) is 20.3 Å². The van der Waals surface area contributed by atoms with E-state index in [1.807, 2.05) is 14.0 Å². The van der Waals surface area contributed by atoms with E-state index >= 15 is 0 Å². The van der Waals surface area contributed by atoms with Gasteiger partial charge in [0.15, 0.2) is 0 Å². The molecule has 0 radical (unpaired) electrons. The van der Waals surface area contributed by atoms with E-state index in [-0.39, 0.29) is 0 Å². The lowest BCUT2D eigenvalue weighted by Crippen LogP contribution is -2.25. The summed E-state index contributed by atoms with van der Waals surface area (Å²) in [6, 6.07) is 0. The Morgan fingerprint density at radius 3 is 2.58 bits per heavy atom. The number of ether oxygens (including phenoxy) is 1. The molecular formula is C15H26N2O2. The highest BCUT2D eigenvalue weighted by Gasteiger charge is 2.33. The normalized spacial score (nSPS) is 29.3. The Kier molecular flexibility index (Phi) is 4.19. The van der Waals surface area contributed by atoms with Crippen LogP contribution in [0.25, 0.3) is 0 Å². The van der Waals surface area contributed by atoms with Crippen LogP contribution in [0.4, 0.5) is 0 Å². The highest BCUT2D eigenvalue weighted by molar-refractivity contribution is 5.33. The lowest BCUT2D eigenvalue weighted by Gasteiger charge is -2.34. The highest BCUT2D eigenvalue weighted by atomic mass is 16.5. The summed E-state index contributed by atoms with van der Waals surface area (Å²) in [7, 11) is 3.49. The van der Waals surface area contributed by atoms with Crippen LogP contribution in [0.15, 0.2) is 0 Å². The number of aliphatic hydroxyl groups is 1. The molecular weight excluding hydrogens is 240 g/mol. The van der Waals surface area contributed by atoms with Gasteiger partial charge in [-0.3, -0.25) is 0 Å². The Balaban J connectivity index is 2.22. The van der Waals surface area contributed by atoms with Crippen molar-refractivity contribution in [2.75, 3.05) is 7.11 Å². The first-order valence-corrected chi connectivity index (χ1v) is 7.21. The molecule has 1 aliphatic rings. The van der Waals surface area contributed by atoms with Gasteiger partial charge in [-0.2, -0.15) is 5.10 Å². The fourth-order valence-electron chi connectivity index (χ4n) is 3.35. The van der Waals surface area contributed by atoms with Gasteiger partial charge in [-0.15, -0.1) is 0 Å².